The van der Waals surface area contributed by atoms with Crippen molar-refractivity contribution in [3.8, 4) is 0 Å². The van der Waals surface area contributed by atoms with Crippen molar-refractivity contribution in [3.63, 3.8) is 0 Å². The summed E-state index contributed by atoms with van der Waals surface area (Å²) >= 11 is 0.874. The topological polar surface area (TPSA) is 108 Å². The molecule has 4 aliphatic heterocycles. The van der Waals surface area contributed by atoms with E-state index in [1.807, 2.05) is 41.3 Å². The average Bonchev–Trinajstić information content (AvgIpc) is 3.14. The maximum Gasteiger partial charge on any atom is 0.290 e. The number of rotatable bonds is 4. The lowest BCUT2D eigenvalue weighted by Crippen LogP contribution is -2.73. The number of hydrogen-bond acceptors (Lipinski definition) is 9. The van der Waals surface area contributed by atoms with Gasteiger partial charge >= 0.3 is 0 Å². The van der Waals surface area contributed by atoms with Gasteiger partial charge in [0.1, 0.15) is 5.82 Å². The molecule has 4 saturated heterocycles. The predicted octanol–water partition coefficient (Wildman–Crippen LogP) is 1.60. The van der Waals surface area contributed by atoms with Crippen LogP contribution in [-0.2, 0) is 9.53 Å². The molecule has 0 radical (unpaired) electrons. The van der Waals surface area contributed by atoms with Crippen molar-refractivity contribution < 1.29 is 19.1 Å². The number of ether oxygens (including phenoxy) is 1. The van der Waals surface area contributed by atoms with Crippen LogP contribution in [0.25, 0.3) is 6.08 Å². The summed E-state index contributed by atoms with van der Waals surface area (Å²) in [6.45, 7) is 5.67. The number of morpholine rings is 1. The van der Waals surface area contributed by atoms with Crippen LogP contribution in [0.15, 0.2) is 41.3 Å². The molecule has 35 heavy (non-hydrogen) atoms. The van der Waals surface area contributed by atoms with Crippen molar-refractivity contribution in [2.24, 2.45) is 5.41 Å². The number of thioether (sulfide) groups is 1. The lowest BCUT2D eigenvalue weighted by atomic mass is 9.72. The van der Waals surface area contributed by atoms with Crippen LogP contribution < -0.4 is 15.1 Å². The van der Waals surface area contributed by atoms with Crippen LogP contribution in [-0.4, -0.2) is 84.4 Å². The SMILES string of the molecule is O=C1NC(=O)/C(=C\c2cc(N3CCOCC3)nc(N3CC4(CN(C(=O)c5ccccc5)C4)C3)n2)S1. The van der Waals surface area contributed by atoms with Crippen LogP contribution >= 0.6 is 11.8 Å². The molecule has 1 N–H and O–H groups in total. The molecule has 1 aromatic carbocycles. The van der Waals surface area contributed by atoms with Gasteiger partial charge in [0.25, 0.3) is 17.1 Å². The average molecular weight is 493 g/mol. The van der Waals surface area contributed by atoms with Crippen molar-refractivity contribution >= 4 is 46.7 Å². The Morgan fingerprint density at radius 2 is 1.77 bits per heavy atom. The molecule has 1 aromatic heterocycles. The van der Waals surface area contributed by atoms with E-state index in [9.17, 15) is 14.4 Å². The van der Waals surface area contributed by atoms with E-state index in [1.54, 1.807) is 6.08 Å². The molecule has 3 amide bonds. The number of carbonyl (C=O) groups is 3. The predicted molar refractivity (Wildman–Crippen MR) is 131 cm³/mol. The zero-order valence-corrected chi connectivity index (χ0v) is 19.8. The van der Waals surface area contributed by atoms with Gasteiger partial charge in [0, 0.05) is 56.3 Å². The third-order valence-electron chi connectivity index (χ3n) is 6.67. The maximum atomic E-state index is 12.7. The Hall–Kier alpha value is -3.44. The second-order valence-corrected chi connectivity index (χ2v) is 10.3. The van der Waals surface area contributed by atoms with E-state index in [4.69, 9.17) is 14.7 Å². The molecule has 10 nitrogen and oxygen atoms in total. The zero-order valence-electron chi connectivity index (χ0n) is 19.0. The molecule has 0 saturated carbocycles. The molecule has 180 valence electrons. The van der Waals surface area contributed by atoms with Gasteiger partial charge in [-0.2, -0.15) is 4.98 Å². The number of benzene rings is 1. The summed E-state index contributed by atoms with van der Waals surface area (Å²) in [5.41, 5.74) is 1.36. The number of aromatic nitrogens is 2. The Labute approximate surface area is 206 Å². The highest BCUT2D eigenvalue weighted by atomic mass is 32.2. The molecule has 6 rings (SSSR count). The first-order valence-corrected chi connectivity index (χ1v) is 12.4. The normalized spacial score (nSPS) is 22.3. The number of nitrogens with one attached hydrogen (secondary N) is 1. The highest BCUT2D eigenvalue weighted by Crippen LogP contribution is 2.42. The van der Waals surface area contributed by atoms with E-state index < -0.39 is 5.91 Å². The number of amides is 3. The van der Waals surface area contributed by atoms with Crippen molar-refractivity contribution in [2.75, 3.05) is 62.3 Å². The minimum absolute atomic E-state index is 0.0645. The molecule has 0 unspecified atom stereocenters. The van der Waals surface area contributed by atoms with Gasteiger partial charge in [-0.05, 0) is 30.0 Å². The summed E-state index contributed by atoms with van der Waals surface area (Å²) in [5, 5.41) is 1.90. The number of hydrogen-bond donors (Lipinski definition) is 1. The molecule has 0 aliphatic carbocycles. The van der Waals surface area contributed by atoms with Crippen molar-refractivity contribution in [1.29, 1.82) is 0 Å². The first-order chi connectivity index (χ1) is 17.0. The number of carbonyl (C=O) groups excluding carboxylic acids is 3. The molecule has 4 aliphatic rings. The van der Waals surface area contributed by atoms with Gasteiger partial charge in [-0.25, -0.2) is 4.98 Å². The van der Waals surface area contributed by atoms with Crippen LogP contribution in [0.4, 0.5) is 16.6 Å². The van der Waals surface area contributed by atoms with Crippen LogP contribution in [0, 0.1) is 5.41 Å². The molecule has 4 fully saturated rings. The number of imide groups is 1. The van der Waals surface area contributed by atoms with E-state index in [-0.39, 0.29) is 16.6 Å². The Morgan fingerprint density at radius 3 is 2.46 bits per heavy atom. The van der Waals surface area contributed by atoms with Crippen LogP contribution in [0.1, 0.15) is 16.1 Å². The molecule has 2 aromatic rings. The van der Waals surface area contributed by atoms with E-state index in [0.29, 0.717) is 35.3 Å². The molecular formula is C24H24N6O4S. The van der Waals surface area contributed by atoms with Crippen LogP contribution in [0.5, 0.6) is 0 Å². The Balaban J connectivity index is 1.19. The second kappa shape index (κ2) is 8.65. The van der Waals surface area contributed by atoms with E-state index in [2.05, 4.69) is 15.1 Å². The largest absolute Gasteiger partial charge is 0.378 e. The van der Waals surface area contributed by atoms with Crippen molar-refractivity contribution in [3.05, 3.63) is 52.6 Å². The molecular weight excluding hydrogens is 468 g/mol. The number of likely N-dealkylation sites (tertiary alicyclic amines) is 1. The van der Waals surface area contributed by atoms with Gasteiger partial charge in [0.15, 0.2) is 0 Å². The second-order valence-electron chi connectivity index (χ2n) is 9.29. The number of anilines is 2. The summed E-state index contributed by atoms with van der Waals surface area (Å²) in [5.74, 6) is 1.02. The standard InChI is InChI=1S/C24H24N6O4S/c31-20-18(35-23(33)27-20)10-17-11-19(28-6-8-34-9-7-28)26-22(25-17)30-14-24(15-30)12-29(13-24)21(32)16-4-2-1-3-5-16/h1-5,10-11H,6-9,12-15H2,(H,27,31,33)/b18-10+. The monoisotopic (exact) mass is 492 g/mol. The Kier molecular flexibility index (Phi) is 5.45. The maximum absolute atomic E-state index is 12.7. The minimum Gasteiger partial charge on any atom is -0.378 e. The fraction of sp³-hybridized carbons (Fsp3) is 0.375. The quantitative estimate of drug-likeness (QED) is 0.637. The molecule has 1 spiro atoms. The van der Waals surface area contributed by atoms with Crippen molar-refractivity contribution in [1.82, 2.24) is 20.2 Å². The van der Waals surface area contributed by atoms with E-state index >= 15 is 0 Å². The summed E-state index contributed by atoms with van der Waals surface area (Å²) in [6, 6.07) is 11.2. The number of nitrogens with zero attached hydrogens (tertiary/aromatic N) is 5. The van der Waals surface area contributed by atoms with Gasteiger partial charge in [-0.3, -0.25) is 19.7 Å². The van der Waals surface area contributed by atoms with E-state index in [1.165, 1.54) is 0 Å². The van der Waals surface area contributed by atoms with Gasteiger partial charge in [-0.15, -0.1) is 0 Å². The minimum atomic E-state index is -0.409. The highest BCUT2D eigenvalue weighted by molar-refractivity contribution is 8.18. The molecule has 0 atom stereocenters. The summed E-state index contributed by atoms with van der Waals surface area (Å²) in [4.78, 5) is 52.3. The smallest absolute Gasteiger partial charge is 0.290 e. The van der Waals surface area contributed by atoms with Gasteiger partial charge in [0.05, 0.1) is 23.8 Å². The lowest BCUT2D eigenvalue weighted by molar-refractivity contribution is -0.115. The molecule has 5 heterocycles. The summed E-state index contributed by atoms with van der Waals surface area (Å²) < 4.78 is 5.47. The highest BCUT2D eigenvalue weighted by Gasteiger charge is 2.54. The third kappa shape index (κ3) is 4.25. The molecule has 11 heteroatoms. The van der Waals surface area contributed by atoms with Crippen LogP contribution in [0.2, 0.25) is 0 Å². The fourth-order valence-corrected chi connectivity index (χ4v) is 5.61. The van der Waals surface area contributed by atoms with Crippen LogP contribution in [0.3, 0.4) is 0 Å². The lowest BCUT2D eigenvalue weighted by Gasteiger charge is -2.60. The van der Waals surface area contributed by atoms with Gasteiger partial charge < -0.3 is 19.4 Å². The first-order valence-electron chi connectivity index (χ1n) is 11.5. The Morgan fingerprint density at radius 1 is 1.03 bits per heavy atom. The fourth-order valence-electron chi connectivity index (χ4n) is 4.94. The summed E-state index contributed by atoms with van der Waals surface area (Å²) in [6.07, 6.45) is 1.64. The first kappa shape index (κ1) is 22.1. The zero-order chi connectivity index (χ0) is 24.0. The third-order valence-corrected chi connectivity index (χ3v) is 7.48. The van der Waals surface area contributed by atoms with Crippen molar-refractivity contribution in [2.45, 2.75) is 0 Å². The molecule has 0 bridgehead atoms. The van der Waals surface area contributed by atoms with Gasteiger partial charge in [0.2, 0.25) is 5.95 Å². The van der Waals surface area contributed by atoms with Gasteiger partial charge in [-0.1, -0.05) is 18.2 Å². The van der Waals surface area contributed by atoms with E-state index in [0.717, 1.165) is 56.8 Å². The summed E-state index contributed by atoms with van der Waals surface area (Å²) in [7, 11) is 0. The Bertz CT molecular complexity index is 1220.